The fraction of sp³-hybridized carbons (Fsp3) is 0.350. The quantitative estimate of drug-likeness (QED) is 0.760. The number of nitrogens with one attached hydrogen (secondary N) is 1. The molecule has 0 heterocycles. The molecule has 25 heavy (non-hydrogen) atoms. The first kappa shape index (κ1) is 19.1. The fourth-order valence-corrected chi connectivity index (χ4v) is 2.82. The average molecular weight is 362 g/mol. The number of amides is 1. The molecule has 2 aromatic rings. The van der Waals surface area contributed by atoms with Crippen LogP contribution in [0.2, 0.25) is 5.02 Å². The van der Waals surface area contributed by atoms with E-state index in [0.29, 0.717) is 35.3 Å². The minimum Gasteiger partial charge on any atom is -0.490 e. The Morgan fingerprint density at radius 1 is 1.08 bits per heavy atom. The largest absolute Gasteiger partial charge is 0.490 e. The van der Waals surface area contributed by atoms with Crippen molar-refractivity contribution in [3.05, 3.63) is 58.1 Å². The lowest BCUT2D eigenvalue weighted by Crippen LogP contribution is -2.27. The molecule has 0 aromatic heterocycles. The lowest BCUT2D eigenvalue weighted by atomic mass is 10.1. The summed E-state index contributed by atoms with van der Waals surface area (Å²) in [5, 5.41) is 3.42. The van der Waals surface area contributed by atoms with Crippen molar-refractivity contribution < 1.29 is 14.3 Å². The van der Waals surface area contributed by atoms with Gasteiger partial charge in [-0.25, -0.2) is 0 Å². The van der Waals surface area contributed by atoms with Crippen LogP contribution in [0.1, 0.15) is 48.3 Å². The van der Waals surface area contributed by atoms with Crippen LogP contribution in [-0.2, 0) is 0 Å². The molecule has 0 saturated heterocycles. The van der Waals surface area contributed by atoms with Crippen LogP contribution < -0.4 is 14.8 Å². The van der Waals surface area contributed by atoms with Gasteiger partial charge in [0, 0.05) is 0 Å². The van der Waals surface area contributed by atoms with Crippen LogP contribution in [-0.4, -0.2) is 19.1 Å². The molecule has 0 spiro atoms. The maximum absolute atomic E-state index is 12.5. The van der Waals surface area contributed by atoms with Crippen LogP contribution in [0.15, 0.2) is 36.4 Å². The molecule has 2 rings (SSSR count). The molecule has 1 N–H and O–H groups in total. The summed E-state index contributed by atoms with van der Waals surface area (Å²) in [6.07, 6.45) is 0. The van der Waals surface area contributed by atoms with Gasteiger partial charge in [-0.2, -0.15) is 0 Å². The Morgan fingerprint density at radius 3 is 2.40 bits per heavy atom. The van der Waals surface area contributed by atoms with Gasteiger partial charge in [0.1, 0.15) is 0 Å². The zero-order valence-electron chi connectivity index (χ0n) is 15.1. The number of hydrogen-bond acceptors (Lipinski definition) is 3. The van der Waals surface area contributed by atoms with E-state index < -0.39 is 0 Å². The van der Waals surface area contributed by atoms with Crippen molar-refractivity contribution in [1.82, 2.24) is 5.32 Å². The number of rotatable bonds is 7. The summed E-state index contributed by atoms with van der Waals surface area (Å²) in [7, 11) is 0. The lowest BCUT2D eigenvalue weighted by molar-refractivity contribution is 0.0940. The van der Waals surface area contributed by atoms with E-state index >= 15 is 0 Å². The molecule has 1 atom stereocenters. The Kier molecular flexibility index (Phi) is 6.71. The van der Waals surface area contributed by atoms with E-state index in [0.717, 1.165) is 11.1 Å². The van der Waals surface area contributed by atoms with Crippen LogP contribution in [0.25, 0.3) is 0 Å². The summed E-state index contributed by atoms with van der Waals surface area (Å²) in [5.41, 5.74) is 2.42. The Morgan fingerprint density at radius 2 is 1.76 bits per heavy atom. The first-order chi connectivity index (χ1) is 12.0. The zero-order chi connectivity index (χ0) is 18.4. The van der Waals surface area contributed by atoms with E-state index in [1.807, 2.05) is 52.0 Å². The maximum Gasteiger partial charge on any atom is 0.253 e. The fourth-order valence-electron chi connectivity index (χ4n) is 2.50. The van der Waals surface area contributed by atoms with E-state index in [4.69, 9.17) is 21.1 Å². The lowest BCUT2D eigenvalue weighted by Gasteiger charge is -2.18. The molecule has 0 radical (unpaired) electrons. The first-order valence-electron chi connectivity index (χ1n) is 8.42. The van der Waals surface area contributed by atoms with E-state index in [9.17, 15) is 4.79 Å². The number of aryl methyl sites for hydroxylation is 1. The predicted molar refractivity (Wildman–Crippen MR) is 101 cm³/mol. The highest BCUT2D eigenvalue weighted by Gasteiger charge is 2.16. The molecular formula is C20H24ClNO3. The second-order valence-corrected chi connectivity index (χ2v) is 6.16. The van der Waals surface area contributed by atoms with E-state index in [2.05, 4.69) is 5.32 Å². The Balaban J connectivity index is 2.18. The number of ether oxygens (including phenoxy) is 2. The molecule has 0 fully saturated rings. The minimum atomic E-state index is -0.204. The normalized spacial score (nSPS) is 11.7. The van der Waals surface area contributed by atoms with E-state index in [-0.39, 0.29) is 11.9 Å². The number of halogens is 1. The van der Waals surface area contributed by atoms with Crippen molar-refractivity contribution in [3.8, 4) is 11.5 Å². The SMILES string of the molecule is CCOc1ccc([C@H](C)NC(=O)c2ccc(C)cc2Cl)cc1OCC. The molecule has 0 unspecified atom stereocenters. The van der Waals surface area contributed by atoms with Gasteiger partial charge in [0.05, 0.1) is 29.8 Å². The molecule has 0 aliphatic rings. The number of hydrogen-bond donors (Lipinski definition) is 1. The summed E-state index contributed by atoms with van der Waals surface area (Å²) in [5.74, 6) is 1.17. The monoisotopic (exact) mass is 361 g/mol. The van der Waals surface area contributed by atoms with Gasteiger partial charge >= 0.3 is 0 Å². The van der Waals surface area contributed by atoms with Gasteiger partial charge in [-0.1, -0.05) is 23.7 Å². The minimum absolute atomic E-state index is 0.195. The third kappa shape index (κ3) is 4.89. The third-order valence-electron chi connectivity index (χ3n) is 3.78. The first-order valence-corrected chi connectivity index (χ1v) is 8.80. The highest BCUT2D eigenvalue weighted by Crippen LogP contribution is 2.31. The Bertz CT molecular complexity index is 746. The molecule has 2 aromatic carbocycles. The molecule has 5 heteroatoms. The summed E-state index contributed by atoms with van der Waals surface area (Å²) < 4.78 is 11.2. The average Bonchev–Trinajstić information content (AvgIpc) is 2.56. The predicted octanol–water partition coefficient (Wildman–Crippen LogP) is 4.94. The van der Waals surface area contributed by atoms with Crippen LogP contribution in [0.4, 0.5) is 0 Å². The Hall–Kier alpha value is -2.20. The van der Waals surface area contributed by atoms with Gasteiger partial charge in [0.2, 0.25) is 0 Å². The van der Waals surface area contributed by atoms with E-state index in [1.54, 1.807) is 12.1 Å². The Labute approximate surface area is 154 Å². The molecule has 1 amide bonds. The van der Waals surface area contributed by atoms with Crippen LogP contribution in [0.5, 0.6) is 11.5 Å². The van der Waals surface area contributed by atoms with Gasteiger partial charge in [-0.3, -0.25) is 4.79 Å². The topological polar surface area (TPSA) is 47.6 Å². The highest BCUT2D eigenvalue weighted by atomic mass is 35.5. The van der Waals surface area contributed by atoms with Crippen LogP contribution in [0, 0.1) is 6.92 Å². The van der Waals surface area contributed by atoms with Gasteiger partial charge in [-0.05, 0) is 63.1 Å². The second-order valence-electron chi connectivity index (χ2n) is 5.75. The summed E-state index contributed by atoms with van der Waals surface area (Å²) in [4.78, 5) is 12.5. The van der Waals surface area contributed by atoms with Crippen molar-refractivity contribution in [3.63, 3.8) is 0 Å². The standard InChI is InChI=1S/C20H24ClNO3/c1-5-24-18-10-8-15(12-19(18)25-6-2)14(4)22-20(23)16-9-7-13(3)11-17(16)21/h7-12,14H,5-6H2,1-4H3,(H,22,23)/t14-/m0/s1. The van der Waals surface area contributed by atoms with Gasteiger partial charge in [0.25, 0.3) is 5.91 Å². The second kappa shape index (κ2) is 8.77. The molecule has 4 nitrogen and oxygen atoms in total. The van der Waals surface area contributed by atoms with Crippen molar-refractivity contribution in [2.45, 2.75) is 33.7 Å². The summed E-state index contributed by atoms with van der Waals surface area (Å²) >= 11 is 6.18. The molecule has 0 bridgehead atoms. The zero-order valence-corrected chi connectivity index (χ0v) is 15.8. The number of benzene rings is 2. The summed E-state index contributed by atoms with van der Waals surface area (Å²) in [6, 6.07) is 10.9. The maximum atomic E-state index is 12.5. The van der Waals surface area contributed by atoms with Crippen molar-refractivity contribution in [1.29, 1.82) is 0 Å². The smallest absolute Gasteiger partial charge is 0.253 e. The molecular weight excluding hydrogens is 338 g/mol. The number of carbonyl (C=O) groups excluding carboxylic acids is 1. The van der Waals surface area contributed by atoms with E-state index in [1.165, 1.54) is 0 Å². The van der Waals surface area contributed by atoms with Gasteiger partial charge in [0.15, 0.2) is 11.5 Å². The third-order valence-corrected chi connectivity index (χ3v) is 4.10. The van der Waals surface area contributed by atoms with Crippen LogP contribution in [0.3, 0.4) is 0 Å². The van der Waals surface area contributed by atoms with Crippen LogP contribution >= 0.6 is 11.6 Å². The van der Waals surface area contributed by atoms with Crippen molar-refractivity contribution >= 4 is 17.5 Å². The van der Waals surface area contributed by atoms with Crippen molar-refractivity contribution in [2.24, 2.45) is 0 Å². The van der Waals surface area contributed by atoms with Gasteiger partial charge < -0.3 is 14.8 Å². The van der Waals surface area contributed by atoms with Gasteiger partial charge in [-0.15, -0.1) is 0 Å². The summed E-state index contributed by atoms with van der Waals surface area (Å²) in [6.45, 7) is 8.82. The molecule has 0 aliphatic carbocycles. The van der Waals surface area contributed by atoms with Crippen molar-refractivity contribution in [2.75, 3.05) is 13.2 Å². The molecule has 134 valence electrons. The molecule has 0 aliphatic heterocycles. The number of carbonyl (C=O) groups is 1. The highest BCUT2D eigenvalue weighted by molar-refractivity contribution is 6.33. The molecule has 0 saturated carbocycles.